The van der Waals surface area contributed by atoms with E-state index in [2.05, 4.69) is 28.2 Å². The van der Waals surface area contributed by atoms with Gasteiger partial charge in [-0.15, -0.1) is 0 Å². The third kappa shape index (κ3) is 3.67. The second-order valence-corrected chi connectivity index (χ2v) is 5.92. The van der Waals surface area contributed by atoms with Crippen molar-refractivity contribution in [3.8, 4) is 0 Å². The van der Waals surface area contributed by atoms with Gasteiger partial charge in [0.1, 0.15) is 5.69 Å². The van der Waals surface area contributed by atoms with Crippen LogP contribution in [0.1, 0.15) is 42.4 Å². The second-order valence-electron chi connectivity index (χ2n) is 5.07. The van der Waals surface area contributed by atoms with Crippen molar-refractivity contribution in [1.29, 1.82) is 0 Å². The molecule has 2 aromatic rings. The Kier molecular flexibility index (Phi) is 5.07. The van der Waals surface area contributed by atoms with Crippen molar-refractivity contribution in [2.45, 2.75) is 32.9 Å². The Labute approximate surface area is 133 Å². The zero-order valence-electron chi connectivity index (χ0n) is 12.3. The number of halogens is 1. The Bertz CT molecular complexity index is 636. The first-order valence-corrected chi connectivity index (χ1v) is 7.83. The Morgan fingerprint density at radius 3 is 2.81 bits per heavy atom. The van der Waals surface area contributed by atoms with E-state index in [9.17, 15) is 4.79 Å². The van der Waals surface area contributed by atoms with E-state index in [1.54, 1.807) is 6.07 Å². The molecule has 2 rings (SSSR count). The molecule has 0 fully saturated rings. The number of hydrogen-bond donors (Lipinski definition) is 2. The molecule has 1 amide bonds. The van der Waals surface area contributed by atoms with E-state index in [0.29, 0.717) is 11.4 Å². The summed E-state index contributed by atoms with van der Waals surface area (Å²) >= 11 is 3.51. The van der Waals surface area contributed by atoms with Crippen molar-refractivity contribution in [3.63, 3.8) is 0 Å². The van der Waals surface area contributed by atoms with Gasteiger partial charge >= 0.3 is 0 Å². The summed E-state index contributed by atoms with van der Waals surface area (Å²) in [6, 6.07) is 9.51. The van der Waals surface area contributed by atoms with Crippen LogP contribution in [0.3, 0.4) is 0 Å². The van der Waals surface area contributed by atoms with E-state index in [-0.39, 0.29) is 11.9 Å². The van der Waals surface area contributed by atoms with E-state index in [0.717, 1.165) is 23.0 Å². The highest BCUT2D eigenvalue weighted by atomic mass is 79.9. The molecule has 0 radical (unpaired) electrons. The summed E-state index contributed by atoms with van der Waals surface area (Å²) in [5.74, 6) is -0.108. The predicted octanol–water partition coefficient (Wildman–Crippen LogP) is 3.73. The summed E-state index contributed by atoms with van der Waals surface area (Å²) in [5.41, 5.74) is 8.07. The van der Waals surface area contributed by atoms with Crippen LogP contribution in [0.15, 0.2) is 41.0 Å². The molecule has 5 heteroatoms. The SMILES string of the molecule is CCCn1cc(N)cc1C(=O)NC(C)c1ccccc1Br. The fourth-order valence-electron chi connectivity index (χ4n) is 2.32. The van der Waals surface area contributed by atoms with Gasteiger partial charge in [-0.05, 0) is 31.0 Å². The van der Waals surface area contributed by atoms with Gasteiger partial charge in [0.25, 0.3) is 5.91 Å². The number of nitrogens with two attached hydrogens (primary N) is 1. The van der Waals surface area contributed by atoms with Crippen LogP contribution in [0.5, 0.6) is 0 Å². The summed E-state index contributed by atoms with van der Waals surface area (Å²) in [6.07, 6.45) is 2.76. The lowest BCUT2D eigenvalue weighted by atomic mass is 10.1. The maximum atomic E-state index is 12.4. The van der Waals surface area contributed by atoms with Crippen molar-refractivity contribution < 1.29 is 4.79 Å². The third-order valence-electron chi connectivity index (χ3n) is 3.33. The highest BCUT2D eigenvalue weighted by molar-refractivity contribution is 9.10. The van der Waals surface area contributed by atoms with E-state index in [4.69, 9.17) is 5.73 Å². The first-order valence-electron chi connectivity index (χ1n) is 7.03. The molecule has 1 aromatic carbocycles. The van der Waals surface area contributed by atoms with Crippen molar-refractivity contribution in [1.82, 2.24) is 9.88 Å². The third-order valence-corrected chi connectivity index (χ3v) is 4.06. The van der Waals surface area contributed by atoms with Crippen LogP contribution < -0.4 is 11.1 Å². The van der Waals surface area contributed by atoms with Gasteiger partial charge in [0.15, 0.2) is 0 Å². The van der Waals surface area contributed by atoms with E-state index < -0.39 is 0 Å². The zero-order valence-corrected chi connectivity index (χ0v) is 13.9. The van der Waals surface area contributed by atoms with Crippen molar-refractivity contribution in [2.24, 2.45) is 0 Å². The maximum absolute atomic E-state index is 12.4. The van der Waals surface area contributed by atoms with Gasteiger partial charge < -0.3 is 15.6 Å². The van der Waals surface area contributed by atoms with E-state index >= 15 is 0 Å². The lowest BCUT2D eigenvalue weighted by Gasteiger charge is -2.16. The van der Waals surface area contributed by atoms with Crippen LogP contribution in [0.2, 0.25) is 0 Å². The molecule has 0 aliphatic heterocycles. The zero-order chi connectivity index (χ0) is 15.4. The highest BCUT2D eigenvalue weighted by Gasteiger charge is 2.16. The molecule has 0 spiro atoms. The maximum Gasteiger partial charge on any atom is 0.268 e. The Morgan fingerprint density at radius 2 is 2.14 bits per heavy atom. The monoisotopic (exact) mass is 349 g/mol. The Balaban J connectivity index is 2.16. The molecule has 4 nitrogen and oxygen atoms in total. The van der Waals surface area contributed by atoms with E-state index in [1.807, 2.05) is 42.0 Å². The predicted molar refractivity (Wildman–Crippen MR) is 89.2 cm³/mol. The molecule has 0 bridgehead atoms. The van der Waals surface area contributed by atoms with Gasteiger partial charge in [-0.3, -0.25) is 4.79 Å². The number of nitrogen functional groups attached to an aromatic ring is 1. The normalized spacial score (nSPS) is 12.1. The van der Waals surface area contributed by atoms with Crippen LogP contribution in [0.25, 0.3) is 0 Å². The number of carbonyl (C=O) groups is 1. The summed E-state index contributed by atoms with van der Waals surface area (Å²) in [6.45, 7) is 4.82. The summed E-state index contributed by atoms with van der Waals surface area (Å²) in [7, 11) is 0. The fraction of sp³-hybridized carbons (Fsp3) is 0.312. The molecule has 0 saturated heterocycles. The molecule has 1 atom stereocenters. The van der Waals surface area contributed by atoms with Crippen LogP contribution in [-0.2, 0) is 6.54 Å². The number of amides is 1. The molecule has 0 aliphatic carbocycles. The second kappa shape index (κ2) is 6.80. The molecule has 1 unspecified atom stereocenters. The van der Waals surface area contributed by atoms with Crippen LogP contribution >= 0.6 is 15.9 Å². The molecule has 112 valence electrons. The van der Waals surface area contributed by atoms with Gasteiger partial charge in [-0.1, -0.05) is 41.1 Å². The first-order chi connectivity index (χ1) is 10.0. The molecule has 0 aliphatic rings. The van der Waals surface area contributed by atoms with Crippen molar-refractivity contribution >= 4 is 27.5 Å². The van der Waals surface area contributed by atoms with Crippen molar-refractivity contribution in [2.75, 3.05) is 5.73 Å². The minimum absolute atomic E-state index is 0.0840. The molecule has 0 saturated carbocycles. The number of anilines is 1. The Morgan fingerprint density at radius 1 is 1.43 bits per heavy atom. The van der Waals surface area contributed by atoms with E-state index in [1.165, 1.54) is 0 Å². The quantitative estimate of drug-likeness (QED) is 0.863. The van der Waals surface area contributed by atoms with Crippen molar-refractivity contribution in [3.05, 3.63) is 52.3 Å². The number of carbonyl (C=O) groups excluding carboxylic acids is 1. The van der Waals surface area contributed by atoms with Crippen LogP contribution in [0.4, 0.5) is 5.69 Å². The topological polar surface area (TPSA) is 60.0 Å². The molecule has 1 aromatic heterocycles. The number of aryl methyl sites for hydroxylation is 1. The lowest BCUT2D eigenvalue weighted by Crippen LogP contribution is -2.28. The molecule has 21 heavy (non-hydrogen) atoms. The summed E-state index contributed by atoms with van der Waals surface area (Å²) in [5, 5.41) is 3.02. The van der Waals surface area contributed by atoms with Gasteiger partial charge in [0.2, 0.25) is 0 Å². The number of rotatable bonds is 5. The number of benzene rings is 1. The Hall–Kier alpha value is -1.75. The first kappa shape index (κ1) is 15.6. The standard InChI is InChI=1S/C16H20BrN3O/c1-3-8-20-10-12(18)9-15(20)16(21)19-11(2)13-6-4-5-7-14(13)17/h4-7,9-11H,3,8,18H2,1-2H3,(H,19,21). The summed E-state index contributed by atoms with van der Waals surface area (Å²) < 4.78 is 2.89. The number of nitrogens with one attached hydrogen (secondary N) is 1. The van der Waals surface area contributed by atoms with Gasteiger partial charge in [-0.25, -0.2) is 0 Å². The molecular weight excluding hydrogens is 330 g/mol. The van der Waals surface area contributed by atoms with Crippen LogP contribution in [-0.4, -0.2) is 10.5 Å². The van der Waals surface area contributed by atoms with Gasteiger partial charge in [0, 0.05) is 17.2 Å². The minimum atomic E-state index is -0.108. The average molecular weight is 350 g/mol. The number of aromatic nitrogens is 1. The average Bonchev–Trinajstić information content (AvgIpc) is 2.80. The smallest absolute Gasteiger partial charge is 0.268 e. The molecule has 3 N–H and O–H groups in total. The fourth-order valence-corrected chi connectivity index (χ4v) is 2.95. The number of hydrogen-bond acceptors (Lipinski definition) is 2. The molecule has 1 heterocycles. The minimum Gasteiger partial charge on any atom is -0.397 e. The van der Waals surface area contributed by atoms with Gasteiger partial charge in [0.05, 0.1) is 11.7 Å². The lowest BCUT2D eigenvalue weighted by molar-refractivity contribution is 0.0930. The largest absolute Gasteiger partial charge is 0.397 e. The summed E-state index contributed by atoms with van der Waals surface area (Å²) in [4.78, 5) is 12.4. The molecular formula is C16H20BrN3O. The van der Waals surface area contributed by atoms with Gasteiger partial charge in [-0.2, -0.15) is 0 Å². The van der Waals surface area contributed by atoms with Crippen LogP contribution in [0, 0.1) is 0 Å². The highest BCUT2D eigenvalue weighted by Crippen LogP contribution is 2.23. The number of nitrogens with zero attached hydrogens (tertiary/aromatic N) is 1.